The predicted octanol–water partition coefficient (Wildman–Crippen LogP) is 14.3. The number of hydrogen-bond donors (Lipinski definition) is 0. The van der Waals surface area contributed by atoms with Crippen molar-refractivity contribution in [2.45, 2.75) is 52.4 Å². The van der Waals surface area contributed by atoms with Gasteiger partial charge in [0.1, 0.15) is 5.82 Å². The van der Waals surface area contributed by atoms with Crippen LogP contribution >= 0.6 is 0 Å². The van der Waals surface area contributed by atoms with Crippen LogP contribution in [0.15, 0.2) is 164 Å². The second-order valence-corrected chi connectivity index (χ2v) is 17.0. The van der Waals surface area contributed by atoms with Gasteiger partial charge in [0.05, 0.1) is 0 Å². The summed E-state index contributed by atoms with van der Waals surface area (Å²) in [5.41, 5.74) is 10.0. The first kappa shape index (κ1) is 35.3. The van der Waals surface area contributed by atoms with Crippen molar-refractivity contribution in [2.24, 2.45) is 0 Å². The molecule has 0 saturated carbocycles. The topological polar surface area (TPSA) is 38.7 Å². The van der Waals surface area contributed by atoms with Gasteiger partial charge in [-0.05, 0) is 101 Å². The molecule has 0 N–H and O–H groups in total. The maximum Gasteiger partial charge on any atom is 0.163 e. The van der Waals surface area contributed by atoms with Crippen molar-refractivity contribution in [3.8, 4) is 56.2 Å². The van der Waals surface area contributed by atoms with Crippen molar-refractivity contribution in [1.29, 1.82) is 0 Å². The molecule has 9 rings (SSSR count). The maximum absolute atomic E-state index is 5.14. The SMILES string of the molecule is CC(C)(C)c1nc(-c2cccc(-c3ccccc3)c2)nc(-c2cccc(-c3ccc4c(C(C)(C)C)c5ccccc5c(-c5ccc6ccccc6c5)c4c3)c2)n1. The summed E-state index contributed by atoms with van der Waals surface area (Å²) in [5, 5.41) is 7.60. The first-order chi connectivity index (χ1) is 27.0. The Balaban J connectivity index is 1.22. The summed E-state index contributed by atoms with van der Waals surface area (Å²) < 4.78 is 0. The van der Waals surface area contributed by atoms with Gasteiger partial charge in [-0.2, -0.15) is 0 Å². The van der Waals surface area contributed by atoms with Crippen LogP contribution in [0.25, 0.3) is 88.5 Å². The first-order valence-corrected chi connectivity index (χ1v) is 19.5. The standard InChI is InChI=1S/C53H45N3/c1-52(2,3)48-44-25-13-12-24-43(44)47(40-27-26-35-18-10-11-19-36(35)30-40)46-33-39(28-29-45(46)48)38-21-15-23-42(32-38)50-54-49(55-51(56-50)53(4,5)6)41-22-14-20-37(31-41)34-16-8-7-9-17-34/h7-33H,1-6H3. The van der Waals surface area contributed by atoms with E-state index in [0.717, 1.165) is 39.2 Å². The van der Waals surface area contributed by atoms with Crippen LogP contribution in [0.2, 0.25) is 0 Å². The first-order valence-electron chi connectivity index (χ1n) is 19.5. The quantitative estimate of drug-likeness (QED) is 0.166. The van der Waals surface area contributed by atoms with E-state index in [1.165, 1.54) is 49.0 Å². The Morgan fingerprint density at radius 2 is 0.839 bits per heavy atom. The lowest BCUT2D eigenvalue weighted by Crippen LogP contribution is -2.18. The summed E-state index contributed by atoms with van der Waals surface area (Å²) in [6.07, 6.45) is 0. The molecule has 1 aromatic heterocycles. The van der Waals surface area contributed by atoms with E-state index in [2.05, 4.69) is 199 Å². The average Bonchev–Trinajstić information content (AvgIpc) is 3.22. The third-order valence-corrected chi connectivity index (χ3v) is 10.8. The Kier molecular flexibility index (Phi) is 8.62. The Hall–Kier alpha value is -6.45. The van der Waals surface area contributed by atoms with Crippen molar-refractivity contribution in [1.82, 2.24) is 15.0 Å². The van der Waals surface area contributed by atoms with E-state index in [4.69, 9.17) is 15.0 Å². The lowest BCUT2D eigenvalue weighted by molar-refractivity contribution is 0.543. The average molecular weight is 724 g/mol. The summed E-state index contributed by atoms with van der Waals surface area (Å²) in [6, 6.07) is 59.1. The molecule has 0 fully saturated rings. The molecule has 9 aromatic rings. The van der Waals surface area contributed by atoms with Crippen LogP contribution in [0.4, 0.5) is 0 Å². The largest absolute Gasteiger partial charge is 0.212 e. The number of rotatable bonds is 5. The van der Waals surface area contributed by atoms with Crippen LogP contribution in [0, 0.1) is 0 Å². The molecule has 0 atom stereocenters. The third kappa shape index (κ3) is 6.54. The van der Waals surface area contributed by atoms with E-state index in [9.17, 15) is 0 Å². The Morgan fingerprint density at radius 1 is 0.321 bits per heavy atom. The molecule has 0 unspecified atom stereocenters. The summed E-state index contributed by atoms with van der Waals surface area (Å²) in [7, 11) is 0. The summed E-state index contributed by atoms with van der Waals surface area (Å²) in [6.45, 7) is 13.5. The van der Waals surface area contributed by atoms with E-state index in [0.29, 0.717) is 11.6 Å². The monoisotopic (exact) mass is 723 g/mol. The summed E-state index contributed by atoms with van der Waals surface area (Å²) in [5.74, 6) is 2.11. The molecule has 0 aliphatic heterocycles. The minimum atomic E-state index is -0.272. The van der Waals surface area contributed by atoms with Crippen LogP contribution in [-0.4, -0.2) is 15.0 Å². The second-order valence-electron chi connectivity index (χ2n) is 17.0. The van der Waals surface area contributed by atoms with Crippen molar-refractivity contribution >= 4 is 32.3 Å². The highest BCUT2D eigenvalue weighted by Gasteiger charge is 2.25. The van der Waals surface area contributed by atoms with Crippen LogP contribution in [0.1, 0.15) is 52.9 Å². The van der Waals surface area contributed by atoms with Gasteiger partial charge in [0, 0.05) is 16.5 Å². The smallest absolute Gasteiger partial charge is 0.163 e. The molecule has 1 heterocycles. The summed E-state index contributed by atoms with van der Waals surface area (Å²) in [4.78, 5) is 15.3. The summed E-state index contributed by atoms with van der Waals surface area (Å²) >= 11 is 0. The minimum absolute atomic E-state index is 0.0665. The third-order valence-electron chi connectivity index (χ3n) is 10.8. The Morgan fingerprint density at radius 3 is 1.50 bits per heavy atom. The highest BCUT2D eigenvalue weighted by atomic mass is 15.0. The Bertz CT molecular complexity index is 2930. The van der Waals surface area contributed by atoms with E-state index in [1.54, 1.807) is 0 Å². The van der Waals surface area contributed by atoms with Crippen LogP contribution in [0.3, 0.4) is 0 Å². The van der Waals surface area contributed by atoms with Gasteiger partial charge in [0.2, 0.25) is 0 Å². The van der Waals surface area contributed by atoms with E-state index < -0.39 is 0 Å². The molecule has 3 heteroatoms. The van der Waals surface area contributed by atoms with Crippen molar-refractivity contribution in [3.05, 3.63) is 175 Å². The number of nitrogens with zero attached hydrogens (tertiary/aromatic N) is 3. The van der Waals surface area contributed by atoms with E-state index >= 15 is 0 Å². The fraction of sp³-hybridized carbons (Fsp3) is 0.151. The van der Waals surface area contributed by atoms with E-state index in [-0.39, 0.29) is 10.8 Å². The normalized spacial score (nSPS) is 12.1. The molecule has 0 aliphatic rings. The highest BCUT2D eigenvalue weighted by molar-refractivity contribution is 6.17. The van der Waals surface area contributed by atoms with Crippen molar-refractivity contribution < 1.29 is 0 Å². The lowest BCUT2D eigenvalue weighted by Gasteiger charge is -2.26. The molecule has 0 saturated heterocycles. The molecule has 0 bridgehead atoms. The van der Waals surface area contributed by atoms with Crippen LogP contribution in [-0.2, 0) is 10.8 Å². The minimum Gasteiger partial charge on any atom is -0.212 e. The molecule has 272 valence electrons. The van der Waals surface area contributed by atoms with Crippen molar-refractivity contribution in [3.63, 3.8) is 0 Å². The van der Waals surface area contributed by atoms with Gasteiger partial charge in [0.15, 0.2) is 11.6 Å². The van der Waals surface area contributed by atoms with Crippen molar-refractivity contribution in [2.75, 3.05) is 0 Å². The zero-order chi connectivity index (χ0) is 38.6. The lowest BCUT2D eigenvalue weighted by atomic mass is 9.77. The molecule has 0 radical (unpaired) electrons. The number of hydrogen-bond acceptors (Lipinski definition) is 3. The van der Waals surface area contributed by atoms with Gasteiger partial charge in [0.25, 0.3) is 0 Å². The van der Waals surface area contributed by atoms with Crippen LogP contribution < -0.4 is 0 Å². The Labute approximate surface area is 329 Å². The van der Waals surface area contributed by atoms with Gasteiger partial charge in [-0.15, -0.1) is 0 Å². The molecule has 0 spiro atoms. The fourth-order valence-corrected chi connectivity index (χ4v) is 8.10. The predicted molar refractivity (Wildman–Crippen MR) is 237 cm³/mol. The number of aromatic nitrogens is 3. The zero-order valence-electron chi connectivity index (χ0n) is 32.9. The van der Waals surface area contributed by atoms with Gasteiger partial charge in [-0.3, -0.25) is 0 Å². The van der Waals surface area contributed by atoms with Crippen LogP contribution in [0.5, 0.6) is 0 Å². The highest BCUT2D eigenvalue weighted by Crippen LogP contribution is 2.45. The second kappa shape index (κ2) is 13.7. The fourth-order valence-electron chi connectivity index (χ4n) is 8.10. The zero-order valence-corrected chi connectivity index (χ0v) is 32.9. The molecule has 56 heavy (non-hydrogen) atoms. The van der Waals surface area contributed by atoms with Gasteiger partial charge in [-0.25, -0.2) is 15.0 Å². The molecular formula is C53H45N3. The van der Waals surface area contributed by atoms with Gasteiger partial charge >= 0.3 is 0 Å². The van der Waals surface area contributed by atoms with E-state index in [1.807, 2.05) is 6.07 Å². The molecule has 3 nitrogen and oxygen atoms in total. The maximum atomic E-state index is 5.14. The molecule has 0 aliphatic carbocycles. The number of benzene rings is 8. The molecule has 8 aromatic carbocycles. The molecular weight excluding hydrogens is 679 g/mol. The van der Waals surface area contributed by atoms with Gasteiger partial charge in [-0.1, -0.05) is 181 Å². The van der Waals surface area contributed by atoms with Gasteiger partial charge < -0.3 is 0 Å². The molecule has 0 amide bonds. The number of fused-ring (bicyclic) bond motifs is 3.